The molecule has 3 nitrogen and oxygen atoms in total. The lowest BCUT2D eigenvalue weighted by molar-refractivity contribution is -0.137. The molecule has 1 aromatic carbocycles. The lowest BCUT2D eigenvalue weighted by atomic mass is 10.1. The molecule has 0 atom stereocenters. The minimum Gasteiger partial charge on any atom is -0.365 e. The summed E-state index contributed by atoms with van der Waals surface area (Å²) in [5, 5.41) is 2.72. The molecule has 0 aliphatic carbocycles. The number of hydrogen-bond donors (Lipinski definition) is 2. The molecule has 2 rings (SSSR count). The smallest absolute Gasteiger partial charge is 0.365 e. The van der Waals surface area contributed by atoms with Gasteiger partial charge < -0.3 is 11.1 Å². The monoisotopic (exact) mass is 359 g/mol. The highest BCUT2D eigenvalue weighted by atomic mass is 79.9. The number of halogens is 4. The zero-order valence-electron chi connectivity index (χ0n) is 10.9. The molecular weight excluding hydrogens is 347 g/mol. The van der Waals surface area contributed by atoms with E-state index in [1.807, 2.05) is 24.3 Å². The number of nitrogens with one attached hydrogen (secondary N) is 1. The Bertz CT molecular complexity index is 612. The van der Waals surface area contributed by atoms with Crippen molar-refractivity contribution in [3.8, 4) is 0 Å². The largest absolute Gasteiger partial charge is 0.419 e. The fourth-order valence-corrected chi connectivity index (χ4v) is 2.11. The van der Waals surface area contributed by atoms with E-state index in [1.165, 1.54) is 6.20 Å². The maximum Gasteiger partial charge on any atom is 0.419 e. The average Bonchev–Trinajstić information content (AvgIpc) is 2.45. The lowest BCUT2D eigenvalue weighted by Crippen LogP contribution is -2.12. The van der Waals surface area contributed by atoms with Crippen molar-refractivity contribution in [2.75, 3.05) is 5.32 Å². The van der Waals surface area contributed by atoms with Gasteiger partial charge in [0.25, 0.3) is 0 Å². The van der Waals surface area contributed by atoms with E-state index >= 15 is 0 Å². The van der Waals surface area contributed by atoms with Gasteiger partial charge in [0.2, 0.25) is 0 Å². The number of aromatic nitrogens is 1. The van der Waals surface area contributed by atoms with Crippen LogP contribution in [0.25, 0.3) is 0 Å². The van der Waals surface area contributed by atoms with E-state index in [9.17, 15) is 13.2 Å². The molecule has 0 unspecified atom stereocenters. The van der Waals surface area contributed by atoms with Crippen molar-refractivity contribution in [3.63, 3.8) is 0 Å². The van der Waals surface area contributed by atoms with E-state index in [1.54, 1.807) is 0 Å². The van der Waals surface area contributed by atoms with E-state index in [4.69, 9.17) is 5.73 Å². The number of pyridine rings is 1. The van der Waals surface area contributed by atoms with Gasteiger partial charge in [0, 0.05) is 23.8 Å². The molecule has 0 radical (unpaired) electrons. The molecule has 1 aromatic heterocycles. The molecule has 112 valence electrons. The Kier molecular flexibility index (Phi) is 4.84. The fraction of sp³-hybridized carbons (Fsp3) is 0.214. The summed E-state index contributed by atoms with van der Waals surface area (Å²) in [4.78, 5) is 3.80. The predicted molar refractivity (Wildman–Crippen MR) is 78.6 cm³/mol. The van der Waals surface area contributed by atoms with Crippen molar-refractivity contribution in [2.24, 2.45) is 5.73 Å². The van der Waals surface area contributed by atoms with Crippen LogP contribution in [0.4, 0.5) is 19.0 Å². The van der Waals surface area contributed by atoms with Crippen LogP contribution >= 0.6 is 15.9 Å². The number of alkyl halides is 3. The average molecular weight is 360 g/mol. The topological polar surface area (TPSA) is 50.9 Å². The van der Waals surface area contributed by atoms with Crippen LogP contribution in [0.5, 0.6) is 0 Å². The third-order valence-electron chi connectivity index (χ3n) is 2.88. The van der Waals surface area contributed by atoms with Crippen molar-refractivity contribution in [3.05, 3.63) is 57.7 Å². The van der Waals surface area contributed by atoms with Crippen molar-refractivity contribution in [2.45, 2.75) is 19.3 Å². The second kappa shape index (κ2) is 6.44. The molecule has 0 spiro atoms. The van der Waals surface area contributed by atoms with Crippen LogP contribution in [0.3, 0.4) is 0 Å². The molecule has 21 heavy (non-hydrogen) atoms. The Morgan fingerprint density at radius 1 is 1.14 bits per heavy atom. The summed E-state index contributed by atoms with van der Waals surface area (Å²) in [6.45, 7) is 0.683. The van der Waals surface area contributed by atoms with Crippen LogP contribution in [-0.4, -0.2) is 4.98 Å². The number of nitrogens with two attached hydrogens (primary N) is 1. The minimum atomic E-state index is -4.46. The van der Waals surface area contributed by atoms with Crippen molar-refractivity contribution < 1.29 is 13.2 Å². The summed E-state index contributed by atoms with van der Waals surface area (Å²) < 4.78 is 39.1. The number of hydrogen-bond acceptors (Lipinski definition) is 3. The molecule has 0 fully saturated rings. The van der Waals surface area contributed by atoms with Gasteiger partial charge in [-0.2, -0.15) is 13.2 Å². The van der Waals surface area contributed by atoms with Gasteiger partial charge in [0.05, 0.1) is 5.56 Å². The minimum absolute atomic E-state index is 0.186. The predicted octanol–water partition coefficient (Wildman–Crippen LogP) is 3.93. The van der Waals surface area contributed by atoms with Crippen molar-refractivity contribution >= 4 is 21.7 Å². The summed E-state index contributed by atoms with van der Waals surface area (Å²) in [5.41, 5.74) is 6.52. The van der Waals surface area contributed by atoms with E-state index in [0.29, 0.717) is 6.54 Å². The number of anilines is 1. The Morgan fingerprint density at radius 3 is 2.33 bits per heavy atom. The zero-order chi connectivity index (χ0) is 15.5. The highest BCUT2D eigenvalue weighted by Gasteiger charge is 2.34. The second-order valence-electron chi connectivity index (χ2n) is 4.42. The molecular formula is C14H13BrF3N3. The van der Waals surface area contributed by atoms with Crippen LogP contribution < -0.4 is 11.1 Å². The molecule has 0 saturated heterocycles. The summed E-state index contributed by atoms with van der Waals surface area (Å²) in [5.74, 6) is -0.186. The van der Waals surface area contributed by atoms with Gasteiger partial charge in [-0.3, -0.25) is 0 Å². The van der Waals surface area contributed by atoms with E-state index in [2.05, 4.69) is 26.2 Å². The first-order valence-electron chi connectivity index (χ1n) is 6.14. The summed E-state index contributed by atoms with van der Waals surface area (Å²) in [6, 6.07) is 8.34. The maximum absolute atomic E-state index is 12.9. The van der Waals surface area contributed by atoms with Gasteiger partial charge in [0.1, 0.15) is 5.82 Å². The Hall–Kier alpha value is -1.60. The Balaban J connectivity index is 2.15. The van der Waals surface area contributed by atoms with Gasteiger partial charge in [0.15, 0.2) is 0 Å². The SMILES string of the molecule is NCc1ccc(CNc2ncc(Br)cc2C(F)(F)F)cc1. The Morgan fingerprint density at radius 2 is 1.76 bits per heavy atom. The van der Waals surface area contributed by atoms with Crippen LogP contribution in [0.15, 0.2) is 41.0 Å². The first-order chi connectivity index (χ1) is 9.90. The third-order valence-corrected chi connectivity index (χ3v) is 3.31. The van der Waals surface area contributed by atoms with Gasteiger partial charge in [-0.15, -0.1) is 0 Å². The molecule has 0 aliphatic heterocycles. The quantitative estimate of drug-likeness (QED) is 0.869. The molecule has 0 saturated carbocycles. The molecule has 0 aliphatic rings. The van der Waals surface area contributed by atoms with Crippen LogP contribution in [0.1, 0.15) is 16.7 Å². The molecule has 0 amide bonds. The molecule has 2 aromatic rings. The van der Waals surface area contributed by atoms with Crippen molar-refractivity contribution in [1.82, 2.24) is 4.98 Å². The fourth-order valence-electron chi connectivity index (χ4n) is 1.78. The van der Waals surface area contributed by atoms with E-state index < -0.39 is 11.7 Å². The maximum atomic E-state index is 12.9. The first-order valence-corrected chi connectivity index (χ1v) is 6.94. The number of nitrogens with zero attached hydrogens (tertiary/aromatic N) is 1. The van der Waals surface area contributed by atoms with Crippen LogP contribution in [0, 0.1) is 0 Å². The van der Waals surface area contributed by atoms with Crippen LogP contribution in [-0.2, 0) is 19.3 Å². The van der Waals surface area contributed by atoms with Gasteiger partial charge >= 0.3 is 6.18 Å². The highest BCUT2D eigenvalue weighted by Crippen LogP contribution is 2.35. The molecule has 7 heteroatoms. The zero-order valence-corrected chi connectivity index (χ0v) is 12.5. The van der Waals surface area contributed by atoms with Crippen LogP contribution in [0.2, 0.25) is 0 Å². The number of rotatable bonds is 4. The third kappa shape index (κ3) is 4.18. The van der Waals surface area contributed by atoms with Gasteiger partial charge in [-0.25, -0.2) is 4.98 Å². The van der Waals surface area contributed by atoms with Gasteiger partial charge in [-0.05, 0) is 33.1 Å². The second-order valence-corrected chi connectivity index (χ2v) is 5.34. The molecule has 1 heterocycles. The lowest BCUT2D eigenvalue weighted by Gasteiger charge is -2.14. The van der Waals surface area contributed by atoms with Gasteiger partial charge in [-0.1, -0.05) is 24.3 Å². The highest BCUT2D eigenvalue weighted by molar-refractivity contribution is 9.10. The Labute approximate surface area is 128 Å². The number of benzene rings is 1. The molecule has 0 bridgehead atoms. The summed E-state index contributed by atoms with van der Waals surface area (Å²) in [6.07, 6.45) is -3.13. The summed E-state index contributed by atoms with van der Waals surface area (Å²) in [7, 11) is 0. The molecule has 3 N–H and O–H groups in total. The van der Waals surface area contributed by atoms with E-state index in [-0.39, 0.29) is 16.8 Å². The first kappa shape index (κ1) is 15.8. The standard InChI is InChI=1S/C14H13BrF3N3/c15-11-5-12(14(16,17)18)13(21-8-11)20-7-10-3-1-9(6-19)2-4-10/h1-5,8H,6-7,19H2,(H,20,21). The van der Waals surface area contributed by atoms with E-state index in [0.717, 1.165) is 17.2 Å². The summed E-state index contributed by atoms with van der Waals surface area (Å²) >= 11 is 3.00. The normalized spacial score (nSPS) is 11.5. The van der Waals surface area contributed by atoms with Crippen molar-refractivity contribution in [1.29, 1.82) is 0 Å².